The summed E-state index contributed by atoms with van der Waals surface area (Å²) >= 11 is 0. The molecule has 0 radical (unpaired) electrons. The molecule has 1 amide bonds. The zero-order valence-electron chi connectivity index (χ0n) is 17.4. The lowest BCUT2D eigenvalue weighted by Gasteiger charge is -2.25. The van der Waals surface area contributed by atoms with Crippen molar-refractivity contribution in [3.8, 4) is 5.69 Å². The zero-order chi connectivity index (χ0) is 21.9. The first-order valence-corrected chi connectivity index (χ1v) is 10.6. The van der Waals surface area contributed by atoms with Crippen molar-refractivity contribution in [3.63, 3.8) is 0 Å². The Morgan fingerprint density at radius 2 is 1.81 bits per heavy atom. The zero-order valence-corrected chi connectivity index (χ0v) is 17.4. The fraction of sp³-hybridized carbons (Fsp3) is 0.200. The molecule has 160 valence electrons. The number of hydrogen-bond acceptors (Lipinski definition) is 4. The Labute approximate surface area is 185 Å². The maximum atomic E-state index is 14.1. The maximum absolute atomic E-state index is 14.1. The highest BCUT2D eigenvalue weighted by molar-refractivity contribution is 5.95. The van der Waals surface area contributed by atoms with E-state index in [4.69, 9.17) is 4.98 Å². The minimum Gasteiger partial charge on any atom is -0.330 e. The molecule has 5 rings (SSSR count). The Morgan fingerprint density at radius 1 is 1.00 bits per heavy atom. The molecule has 1 aliphatic rings. The van der Waals surface area contributed by atoms with Crippen LogP contribution in [0.5, 0.6) is 0 Å². The molecule has 3 heterocycles. The van der Waals surface area contributed by atoms with Crippen molar-refractivity contribution in [3.05, 3.63) is 108 Å². The maximum Gasteiger partial charge on any atom is 0.254 e. The molecule has 1 aliphatic heterocycles. The van der Waals surface area contributed by atoms with Gasteiger partial charge in [-0.3, -0.25) is 14.3 Å². The summed E-state index contributed by atoms with van der Waals surface area (Å²) in [7, 11) is 0. The van der Waals surface area contributed by atoms with Crippen LogP contribution < -0.4 is 0 Å². The topological polar surface area (TPSA) is 63.9 Å². The van der Waals surface area contributed by atoms with Crippen LogP contribution in [0, 0.1) is 5.82 Å². The quantitative estimate of drug-likeness (QED) is 0.475. The van der Waals surface area contributed by atoms with E-state index in [-0.39, 0.29) is 17.8 Å². The molecule has 7 heteroatoms. The first kappa shape index (κ1) is 20.1. The highest BCUT2D eigenvalue weighted by Gasteiger charge is 2.31. The van der Waals surface area contributed by atoms with Gasteiger partial charge in [-0.25, -0.2) is 4.39 Å². The van der Waals surface area contributed by atoms with E-state index in [2.05, 4.69) is 10.2 Å². The summed E-state index contributed by atoms with van der Waals surface area (Å²) < 4.78 is 15.8. The van der Waals surface area contributed by atoms with Crippen LogP contribution in [-0.2, 0) is 6.42 Å². The summed E-state index contributed by atoms with van der Waals surface area (Å²) in [6.45, 7) is 0.680. The smallest absolute Gasteiger partial charge is 0.254 e. The van der Waals surface area contributed by atoms with E-state index in [9.17, 15) is 9.18 Å². The molecule has 2 aromatic heterocycles. The average Bonchev–Trinajstić information content (AvgIpc) is 3.53. The third kappa shape index (κ3) is 4.01. The largest absolute Gasteiger partial charge is 0.330 e. The van der Waals surface area contributed by atoms with Crippen LogP contribution in [-0.4, -0.2) is 37.1 Å². The van der Waals surface area contributed by atoms with Gasteiger partial charge in [-0.2, -0.15) is 0 Å². The lowest BCUT2D eigenvalue weighted by atomic mass is 10.1. The molecule has 0 spiro atoms. The minimum absolute atomic E-state index is 0.0243. The van der Waals surface area contributed by atoms with Crippen molar-refractivity contribution in [2.45, 2.75) is 25.3 Å². The van der Waals surface area contributed by atoms with Crippen molar-refractivity contribution in [2.24, 2.45) is 0 Å². The van der Waals surface area contributed by atoms with Crippen molar-refractivity contribution in [1.82, 2.24) is 24.6 Å². The minimum atomic E-state index is -0.231. The third-order valence-electron chi connectivity index (χ3n) is 5.82. The number of halogens is 1. The molecular formula is C25H22FN5O. The number of aromatic nitrogens is 4. The Bertz CT molecular complexity index is 1240. The van der Waals surface area contributed by atoms with E-state index < -0.39 is 0 Å². The molecule has 32 heavy (non-hydrogen) atoms. The average molecular weight is 427 g/mol. The number of pyridine rings is 1. The number of amides is 1. The lowest BCUT2D eigenvalue weighted by Crippen LogP contribution is -2.31. The van der Waals surface area contributed by atoms with Crippen LogP contribution in [0.1, 0.15) is 46.2 Å². The number of hydrogen-bond donors (Lipinski definition) is 0. The molecule has 4 aromatic rings. The van der Waals surface area contributed by atoms with Crippen molar-refractivity contribution in [1.29, 1.82) is 0 Å². The molecule has 1 atom stereocenters. The summed E-state index contributed by atoms with van der Waals surface area (Å²) in [5.74, 6) is -0.255. The Kier molecular flexibility index (Phi) is 5.46. The molecule has 0 saturated carbocycles. The summed E-state index contributed by atoms with van der Waals surface area (Å²) in [5, 5.41) is 7.66. The Hall–Kier alpha value is -3.87. The van der Waals surface area contributed by atoms with Crippen LogP contribution in [0.4, 0.5) is 4.39 Å². The van der Waals surface area contributed by atoms with Gasteiger partial charge >= 0.3 is 0 Å². The SMILES string of the molecule is O=C(c1cccc(-n2cnnc2)c1)N1CCC[C@H]1c1cccc(Cc2ccccc2F)n1. The molecule has 0 aliphatic carbocycles. The van der Waals surface area contributed by atoms with E-state index in [1.165, 1.54) is 6.07 Å². The van der Waals surface area contributed by atoms with Gasteiger partial charge < -0.3 is 4.90 Å². The van der Waals surface area contributed by atoms with Gasteiger partial charge in [0.1, 0.15) is 18.5 Å². The van der Waals surface area contributed by atoms with E-state index in [0.29, 0.717) is 24.1 Å². The van der Waals surface area contributed by atoms with Crippen molar-refractivity contribution in [2.75, 3.05) is 6.54 Å². The lowest BCUT2D eigenvalue weighted by molar-refractivity contribution is 0.0732. The second-order valence-electron chi connectivity index (χ2n) is 7.90. The fourth-order valence-electron chi connectivity index (χ4n) is 4.24. The van der Waals surface area contributed by atoms with Crippen LogP contribution >= 0.6 is 0 Å². The third-order valence-corrected chi connectivity index (χ3v) is 5.82. The summed E-state index contributed by atoms with van der Waals surface area (Å²) in [6.07, 6.45) is 5.40. The van der Waals surface area contributed by atoms with Crippen LogP contribution in [0.3, 0.4) is 0 Å². The Morgan fingerprint density at radius 3 is 2.66 bits per heavy atom. The summed E-state index contributed by atoms with van der Waals surface area (Å²) in [5.41, 5.74) is 3.70. The number of likely N-dealkylation sites (tertiary alicyclic amines) is 1. The van der Waals surface area contributed by atoms with Gasteiger partial charge in [-0.1, -0.05) is 30.3 Å². The molecule has 1 fully saturated rings. The molecule has 0 unspecified atom stereocenters. The summed E-state index contributed by atoms with van der Waals surface area (Å²) in [6, 6.07) is 19.9. The number of rotatable bonds is 5. The predicted octanol–water partition coefficient (Wildman–Crippen LogP) is 4.37. The second kappa shape index (κ2) is 8.70. The van der Waals surface area contributed by atoms with Crippen LogP contribution in [0.25, 0.3) is 5.69 Å². The van der Waals surface area contributed by atoms with Crippen molar-refractivity contribution < 1.29 is 9.18 Å². The van der Waals surface area contributed by atoms with Crippen molar-refractivity contribution >= 4 is 5.91 Å². The van der Waals surface area contributed by atoms with Gasteiger partial charge in [-0.05, 0) is 54.8 Å². The highest BCUT2D eigenvalue weighted by atomic mass is 19.1. The van der Waals surface area contributed by atoms with E-state index in [1.54, 1.807) is 29.4 Å². The van der Waals surface area contributed by atoms with Crippen LogP contribution in [0.2, 0.25) is 0 Å². The first-order chi connectivity index (χ1) is 15.7. The molecule has 1 saturated heterocycles. The number of carbonyl (C=O) groups is 1. The Balaban J connectivity index is 1.39. The first-order valence-electron chi connectivity index (χ1n) is 10.6. The van der Waals surface area contributed by atoms with Gasteiger partial charge in [0.25, 0.3) is 5.91 Å². The highest BCUT2D eigenvalue weighted by Crippen LogP contribution is 2.32. The van der Waals surface area contributed by atoms with Gasteiger partial charge in [0.15, 0.2) is 0 Å². The molecule has 0 bridgehead atoms. The van der Waals surface area contributed by atoms with E-state index in [0.717, 1.165) is 29.9 Å². The van der Waals surface area contributed by atoms with Gasteiger partial charge in [0.05, 0.1) is 11.7 Å². The predicted molar refractivity (Wildman–Crippen MR) is 118 cm³/mol. The standard InChI is InChI=1S/C25H22FN5O/c26-22-10-2-1-6-18(22)14-20-8-4-11-23(29-20)24-12-5-13-31(24)25(32)19-7-3-9-21(15-19)30-16-27-28-17-30/h1-4,6-11,15-17,24H,5,12-14H2/t24-/m0/s1. The van der Waals surface area contributed by atoms with Gasteiger partial charge in [-0.15, -0.1) is 10.2 Å². The molecular weight excluding hydrogens is 405 g/mol. The molecule has 6 nitrogen and oxygen atoms in total. The van der Waals surface area contributed by atoms with E-state index >= 15 is 0 Å². The number of nitrogens with zero attached hydrogens (tertiary/aromatic N) is 5. The fourth-order valence-corrected chi connectivity index (χ4v) is 4.24. The van der Waals surface area contributed by atoms with Gasteiger partial charge in [0.2, 0.25) is 0 Å². The normalized spacial score (nSPS) is 15.8. The van der Waals surface area contributed by atoms with E-state index in [1.807, 2.05) is 53.4 Å². The number of benzene rings is 2. The number of carbonyl (C=O) groups excluding carboxylic acids is 1. The second-order valence-corrected chi connectivity index (χ2v) is 7.90. The monoisotopic (exact) mass is 427 g/mol. The summed E-state index contributed by atoms with van der Waals surface area (Å²) in [4.78, 5) is 20.1. The molecule has 0 N–H and O–H groups in total. The van der Waals surface area contributed by atoms with Gasteiger partial charge in [0, 0.05) is 29.9 Å². The van der Waals surface area contributed by atoms with Crippen LogP contribution in [0.15, 0.2) is 79.4 Å². The molecule has 2 aromatic carbocycles.